The van der Waals surface area contributed by atoms with Gasteiger partial charge < -0.3 is 4.90 Å². The molecule has 0 saturated carbocycles. The lowest BCUT2D eigenvalue weighted by Crippen LogP contribution is -2.10. The number of benzene rings is 8. The van der Waals surface area contributed by atoms with Gasteiger partial charge in [0.1, 0.15) is 0 Å². The van der Waals surface area contributed by atoms with Gasteiger partial charge in [-0.05, 0) is 74.8 Å². The van der Waals surface area contributed by atoms with E-state index in [9.17, 15) is 0 Å². The normalized spacial score (nSPS) is 11.5. The van der Waals surface area contributed by atoms with E-state index >= 15 is 0 Å². The van der Waals surface area contributed by atoms with Crippen molar-refractivity contribution in [1.82, 2.24) is 0 Å². The van der Waals surface area contributed by atoms with Crippen LogP contribution in [-0.4, -0.2) is 0 Å². The highest BCUT2D eigenvalue weighted by molar-refractivity contribution is 7.26. The third-order valence-electron chi connectivity index (χ3n) is 9.06. The molecule has 9 aromatic rings. The van der Waals surface area contributed by atoms with Gasteiger partial charge in [0.2, 0.25) is 0 Å². The first kappa shape index (κ1) is 26.7. The number of hydrogen-bond acceptors (Lipinski definition) is 2. The summed E-state index contributed by atoms with van der Waals surface area (Å²) in [5, 5.41) is 7.75. The number of anilines is 3. The molecule has 0 aliphatic rings. The molecule has 0 saturated heterocycles. The largest absolute Gasteiger partial charge is 0.310 e. The molecule has 2 heteroatoms. The average molecular weight is 604 g/mol. The Bertz CT molecular complexity index is 2500. The van der Waals surface area contributed by atoms with Crippen LogP contribution in [0.1, 0.15) is 0 Å². The second-order valence-electron chi connectivity index (χ2n) is 11.7. The predicted octanol–water partition coefficient (Wildman–Crippen LogP) is 13.2. The zero-order valence-corrected chi connectivity index (χ0v) is 25.9. The molecule has 0 unspecified atom stereocenters. The van der Waals surface area contributed by atoms with Gasteiger partial charge in [0.05, 0.1) is 5.69 Å². The van der Waals surface area contributed by atoms with Gasteiger partial charge >= 0.3 is 0 Å². The van der Waals surface area contributed by atoms with Crippen molar-refractivity contribution >= 4 is 70.1 Å². The topological polar surface area (TPSA) is 3.24 Å². The second kappa shape index (κ2) is 11.0. The van der Waals surface area contributed by atoms with Gasteiger partial charge in [0.25, 0.3) is 0 Å². The van der Waals surface area contributed by atoms with Crippen molar-refractivity contribution in [3.05, 3.63) is 176 Å². The molecule has 0 bridgehead atoms. The minimum Gasteiger partial charge on any atom is -0.310 e. The molecule has 1 nitrogen and oxygen atoms in total. The van der Waals surface area contributed by atoms with E-state index in [1.54, 1.807) is 0 Å². The molecule has 0 amide bonds. The smallest absolute Gasteiger partial charge is 0.0554 e. The summed E-state index contributed by atoms with van der Waals surface area (Å²) in [5.74, 6) is 0. The van der Waals surface area contributed by atoms with Crippen LogP contribution in [0.15, 0.2) is 176 Å². The molecule has 8 aromatic carbocycles. The molecule has 0 aliphatic heterocycles. The summed E-state index contributed by atoms with van der Waals surface area (Å²) in [4.78, 5) is 2.40. The van der Waals surface area contributed by atoms with E-state index in [4.69, 9.17) is 0 Å². The first-order chi connectivity index (χ1) is 22.8. The van der Waals surface area contributed by atoms with E-state index < -0.39 is 0 Å². The van der Waals surface area contributed by atoms with Crippen LogP contribution in [0.25, 0.3) is 64.0 Å². The van der Waals surface area contributed by atoms with Crippen molar-refractivity contribution in [2.75, 3.05) is 4.90 Å². The summed E-state index contributed by atoms with van der Waals surface area (Å²) in [6.45, 7) is 0. The van der Waals surface area contributed by atoms with Crippen LogP contribution in [0.2, 0.25) is 0 Å². The molecule has 0 atom stereocenters. The number of nitrogens with zero attached hydrogens (tertiary/aromatic N) is 1. The Hall–Kier alpha value is -5.70. The van der Waals surface area contributed by atoms with Crippen LogP contribution >= 0.6 is 11.3 Å². The van der Waals surface area contributed by atoms with Gasteiger partial charge in [0.15, 0.2) is 0 Å². The van der Waals surface area contributed by atoms with Gasteiger partial charge in [-0.25, -0.2) is 0 Å². The Labute approximate surface area is 272 Å². The van der Waals surface area contributed by atoms with Crippen molar-refractivity contribution in [1.29, 1.82) is 0 Å². The first-order valence-electron chi connectivity index (χ1n) is 15.7. The van der Waals surface area contributed by atoms with E-state index in [-0.39, 0.29) is 0 Å². The lowest BCUT2D eigenvalue weighted by molar-refractivity contribution is 1.30. The first-order valence-corrected chi connectivity index (χ1v) is 16.5. The molecule has 216 valence electrons. The molecule has 0 aliphatic carbocycles. The van der Waals surface area contributed by atoms with E-state index in [2.05, 4.69) is 181 Å². The zero-order valence-electron chi connectivity index (χ0n) is 25.1. The molecule has 1 heterocycles. The number of para-hydroxylation sites is 1. The quantitative estimate of drug-likeness (QED) is 0.189. The summed E-state index contributed by atoms with van der Waals surface area (Å²) in [7, 11) is 0. The summed E-state index contributed by atoms with van der Waals surface area (Å²) in [5.41, 5.74) is 8.36. The van der Waals surface area contributed by atoms with Crippen LogP contribution in [-0.2, 0) is 0 Å². The van der Waals surface area contributed by atoms with E-state index in [1.807, 2.05) is 11.3 Å². The fourth-order valence-electron chi connectivity index (χ4n) is 6.88. The Kier molecular flexibility index (Phi) is 6.40. The standard InChI is InChI=1S/C44H29NS/c1-2-13-34(14-3-1)45(41-29-43-44(39-17-7-6-16-38(39)41)40-18-8-9-20-42(40)46-43)35-27-25-31(26-28-35)30-21-23-33(24-22-30)37-19-10-12-32-11-4-5-15-36(32)37/h1-29H. The van der Waals surface area contributed by atoms with E-state index in [0.717, 1.165) is 11.4 Å². The van der Waals surface area contributed by atoms with Crippen LogP contribution in [0, 0.1) is 0 Å². The molecule has 0 radical (unpaired) electrons. The average Bonchev–Trinajstić information content (AvgIpc) is 3.51. The molecule has 46 heavy (non-hydrogen) atoms. The van der Waals surface area contributed by atoms with Gasteiger partial charge in [-0.3, -0.25) is 0 Å². The highest BCUT2D eigenvalue weighted by Crippen LogP contribution is 2.46. The second-order valence-corrected chi connectivity index (χ2v) is 12.8. The molecule has 1 aromatic heterocycles. The minimum atomic E-state index is 1.13. The van der Waals surface area contributed by atoms with Crippen LogP contribution < -0.4 is 4.90 Å². The van der Waals surface area contributed by atoms with E-state index in [1.165, 1.54) is 69.7 Å². The fourth-order valence-corrected chi connectivity index (χ4v) is 8.04. The lowest BCUT2D eigenvalue weighted by atomic mass is 9.96. The summed E-state index contributed by atoms with van der Waals surface area (Å²) < 4.78 is 2.63. The summed E-state index contributed by atoms with van der Waals surface area (Å²) in [6.07, 6.45) is 0. The van der Waals surface area contributed by atoms with E-state index in [0.29, 0.717) is 0 Å². The van der Waals surface area contributed by atoms with Crippen LogP contribution in [0.3, 0.4) is 0 Å². The van der Waals surface area contributed by atoms with Gasteiger partial charge in [-0.2, -0.15) is 0 Å². The lowest BCUT2D eigenvalue weighted by Gasteiger charge is -2.27. The maximum absolute atomic E-state index is 2.40. The molecular formula is C44H29NS. The van der Waals surface area contributed by atoms with Crippen molar-refractivity contribution in [3.8, 4) is 22.3 Å². The highest BCUT2D eigenvalue weighted by Gasteiger charge is 2.19. The van der Waals surface area contributed by atoms with Gasteiger partial charge in [-0.15, -0.1) is 11.3 Å². The maximum atomic E-state index is 2.40. The zero-order chi connectivity index (χ0) is 30.5. The fraction of sp³-hybridized carbons (Fsp3) is 0. The SMILES string of the molecule is c1ccc(N(c2ccc(-c3ccc(-c4cccc5ccccc45)cc3)cc2)c2cc3sc4ccccc4c3c3ccccc23)cc1. The predicted molar refractivity (Wildman–Crippen MR) is 200 cm³/mol. The Morgan fingerprint density at radius 2 is 0.935 bits per heavy atom. The minimum absolute atomic E-state index is 1.13. The molecular weight excluding hydrogens is 575 g/mol. The van der Waals surface area contributed by atoms with Crippen molar-refractivity contribution < 1.29 is 0 Å². The van der Waals surface area contributed by atoms with Crippen molar-refractivity contribution in [2.45, 2.75) is 0 Å². The summed E-state index contributed by atoms with van der Waals surface area (Å²) >= 11 is 1.87. The summed E-state index contributed by atoms with van der Waals surface area (Å²) in [6, 6.07) is 63.8. The molecule has 0 spiro atoms. The Morgan fingerprint density at radius 1 is 0.370 bits per heavy atom. The maximum Gasteiger partial charge on any atom is 0.0554 e. The Morgan fingerprint density at radius 3 is 1.72 bits per heavy atom. The number of rotatable bonds is 5. The number of thiophene rings is 1. The third-order valence-corrected chi connectivity index (χ3v) is 10.2. The number of fused-ring (bicyclic) bond motifs is 6. The van der Waals surface area contributed by atoms with Gasteiger partial charge in [-0.1, -0.05) is 140 Å². The number of hydrogen-bond donors (Lipinski definition) is 0. The highest BCUT2D eigenvalue weighted by atomic mass is 32.1. The van der Waals surface area contributed by atoms with Crippen molar-refractivity contribution in [3.63, 3.8) is 0 Å². The van der Waals surface area contributed by atoms with Crippen molar-refractivity contribution in [2.24, 2.45) is 0 Å². The molecule has 0 fully saturated rings. The monoisotopic (exact) mass is 603 g/mol. The van der Waals surface area contributed by atoms with Crippen LogP contribution in [0.4, 0.5) is 17.1 Å². The molecule has 0 N–H and O–H groups in total. The molecule has 9 rings (SSSR count). The van der Waals surface area contributed by atoms with Gasteiger partial charge in [0, 0.05) is 36.9 Å². The third kappa shape index (κ3) is 4.46. The Balaban J connectivity index is 1.14. The van der Waals surface area contributed by atoms with Crippen LogP contribution in [0.5, 0.6) is 0 Å².